The Labute approximate surface area is 200 Å². The Kier molecular flexibility index (Phi) is 5.76. The van der Waals surface area contributed by atoms with Crippen molar-refractivity contribution in [2.45, 2.75) is 31.1 Å². The van der Waals surface area contributed by atoms with Gasteiger partial charge in [-0.3, -0.25) is 9.47 Å². The monoisotopic (exact) mass is 493 g/mol. The maximum Gasteiger partial charge on any atom is 0.332 e. The second-order valence-corrected chi connectivity index (χ2v) is 9.63. The SMILES string of the molecule is Cn1ccn(-c2ccc(Cl)c(O[C@H]3c4cc(Cl)cc(Cl)c4C[C@H]3N3CC[C@@H](O)C3)c2)c1=O. The minimum absolute atomic E-state index is 0.0164. The van der Waals surface area contributed by atoms with Crippen molar-refractivity contribution in [3.63, 3.8) is 0 Å². The van der Waals surface area contributed by atoms with Crippen LogP contribution < -0.4 is 10.4 Å². The second-order valence-electron chi connectivity index (χ2n) is 8.38. The molecule has 2 heterocycles. The average molecular weight is 495 g/mol. The summed E-state index contributed by atoms with van der Waals surface area (Å²) in [5.41, 5.74) is 2.42. The summed E-state index contributed by atoms with van der Waals surface area (Å²) in [5, 5.41) is 11.7. The Morgan fingerprint density at radius 2 is 1.91 bits per heavy atom. The molecule has 0 amide bonds. The first kappa shape index (κ1) is 21.9. The molecule has 1 N–H and O–H groups in total. The molecule has 0 unspecified atom stereocenters. The van der Waals surface area contributed by atoms with Gasteiger partial charge in [0, 0.05) is 54.2 Å². The highest BCUT2D eigenvalue weighted by molar-refractivity contribution is 6.35. The van der Waals surface area contributed by atoms with E-state index in [4.69, 9.17) is 39.5 Å². The molecule has 6 nitrogen and oxygen atoms in total. The van der Waals surface area contributed by atoms with Crippen molar-refractivity contribution >= 4 is 34.8 Å². The predicted octanol–water partition coefficient (Wildman–Crippen LogP) is 4.25. The van der Waals surface area contributed by atoms with E-state index in [9.17, 15) is 9.90 Å². The van der Waals surface area contributed by atoms with E-state index in [0.717, 1.165) is 24.1 Å². The van der Waals surface area contributed by atoms with Gasteiger partial charge in [-0.25, -0.2) is 4.79 Å². The third-order valence-electron chi connectivity index (χ3n) is 6.32. The van der Waals surface area contributed by atoms with Crippen LogP contribution in [0.15, 0.2) is 47.5 Å². The molecule has 0 saturated carbocycles. The van der Waals surface area contributed by atoms with E-state index in [-0.39, 0.29) is 23.9 Å². The van der Waals surface area contributed by atoms with E-state index >= 15 is 0 Å². The van der Waals surface area contributed by atoms with Gasteiger partial charge >= 0.3 is 5.69 Å². The molecule has 1 saturated heterocycles. The first-order valence-corrected chi connectivity index (χ1v) is 11.6. The molecule has 168 valence electrons. The second kappa shape index (κ2) is 8.43. The summed E-state index contributed by atoms with van der Waals surface area (Å²) < 4.78 is 9.55. The van der Waals surface area contributed by atoms with Gasteiger partial charge in [0.05, 0.1) is 22.9 Å². The fourth-order valence-corrected chi connectivity index (χ4v) is 5.43. The molecule has 0 spiro atoms. The maximum absolute atomic E-state index is 12.4. The molecule has 2 aromatic carbocycles. The van der Waals surface area contributed by atoms with Crippen molar-refractivity contribution in [2.75, 3.05) is 13.1 Å². The largest absolute Gasteiger partial charge is 0.482 e. The molecule has 1 aromatic heterocycles. The number of nitrogens with zero attached hydrogens (tertiary/aromatic N) is 3. The molecular formula is C23H22Cl3N3O3. The first-order valence-electron chi connectivity index (χ1n) is 10.4. The van der Waals surface area contributed by atoms with Crippen molar-refractivity contribution in [3.8, 4) is 11.4 Å². The number of halogens is 3. The number of imidazole rings is 1. The lowest BCUT2D eigenvalue weighted by Crippen LogP contribution is -2.39. The van der Waals surface area contributed by atoms with Gasteiger partial charge in [-0.2, -0.15) is 0 Å². The molecule has 32 heavy (non-hydrogen) atoms. The minimum atomic E-state index is -0.369. The standard InChI is InChI=1S/C23H22Cl3N3O3/c1-27-6-7-29(23(27)31)14-2-3-18(25)21(10-14)32-22-17-8-13(24)9-19(26)16(17)11-20(22)28-5-4-15(30)12-28/h2-3,6-10,15,20,22,30H,4-5,11-12H2,1H3/t15-,20-,22+/m1/s1. The molecule has 1 aliphatic carbocycles. The number of likely N-dealkylation sites (tertiary alicyclic amines) is 1. The normalized spacial score (nSPS) is 23.0. The number of aryl methyl sites for hydroxylation is 1. The van der Waals surface area contributed by atoms with Gasteiger partial charge in [0.2, 0.25) is 0 Å². The number of hydrogen-bond donors (Lipinski definition) is 1. The van der Waals surface area contributed by atoms with Crippen LogP contribution in [0.3, 0.4) is 0 Å². The number of fused-ring (bicyclic) bond motifs is 1. The Morgan fingerprint density at radius 3 is 2.59 bits per heavy atom. The average Bonchev–Trinajstić information content (AvgIpc) is 3.42. The molecule has 2 aliphatic rings. The summed E-state index contributed by atoms with van der Waals surface area (Å²) in [5.74, 6) is 0.471. The highest BCUT2D eigenvalue weighted by atomic mass is 35.5. The van der Waals surface area contributed by atoms with Crippen LogP contribution in [0.5, 0.6) is 5.75 Å². The van der Waals surface area contributed by atoms with Crippen LogP contribution in [-0.2, 0) is 13.5 Å². The number of β-amino-alcohol motifs (C(OH)–C–C–N with tert-alkyl or cyclic N) is 1. The Balaban J connectivity index is 1.54. The molecule has 3 atom stereocenters. The maximum atomic E-state index is 12.4. The van der Waals surface area contributed by atoms with E-state index in [1.807, 2.05) is 6.07 Å². The number of aliphatic hydroxyl groups is 1. The quantitative estimate of drug-likeness (QED) is 0.589. The molecule has 0 bridgehead atoms. The van der Waals surface area contributed by atoms with Crippen molar-refractivity contribution in [1.29, 1.82) is 0 Å². The minimum Gasteiger partial charge on any atom is -0.482 e. The Bertz CT molecular complexity index is 1240. The zero-order chi connectivity index (χ0) is 22.6. The van der Waals surface area contributed by atoms with Crippen LogP contribution >= 0.6 is 34.8 Å². The highest BCUT2D eigenvalue weighted by Crippen LogP contribution is 2.44. The smallest absolute Gasteiger partial charge is 0.332 e. The van der Waals surface area contributed by atoms with Crippen molar-refractivity contribution in [3.05, 3.63) is 79.4 Å². The summed E-state index contributed by atoms with van der Waals surface area (Å²) in [7, 11) is 1.70. The van der Waals surface area contributed by atoms with Crippen LogP contribution in [0.25, 0.3) is 5.69 Å². The summed E-state index contributed by atoms with van der Waals surface area (Å²) >= 11 is 19.4. The summed E-state index contributed by atoms with van der Waals surface area (Å²) in [6.07, 6.45) is 4.10. The van der Waals surface area contributed by atoms with Gasteiger partial charge in [0.1, 0.15) is 11.9 Å². The number of hydrogen-bond acceptors (Lipinski definition) is 4. The zero-order valence-electron chi connectivity index (χ0n) is 17.3. The molecule has 1 fully saturated rings. The van der Waals surface area contributed by atoms with Gasteiger partial charge in [-0.15, -0.1) is 0 Å². The van der Waals surface area contributed by atoms with E-state index < -0.39 is 0 Å². The van der Waals surface area contributed by atoms with Gasteiger partial charge < -0.3 is 14.4 Å². The third-order valence-corrected chi connectivity index (χ3v) is 7.19. The van der Waals surface area contributed by atoms with Gasteiger partial charge in [-0.05, 0) is 42.7 Å². The first-order chi connectivity index (χ1) is 15.3. The van der Waals surface area contributed by atoms with Crippen LogP contribution in [-0.4, -0.2) is 44.4 Å². The Morgan fingerprint density at radius 1 is 1.09 bits per heavy atom. The summed E-state index contributed by atoms with van der Waals surface area (Å²) in [6, 6.07) is 8.89. The van der Waals surface area contributed by atoms with Gasteiger partial charge in [0.15, 0.2) is 0 Å². The molecule has 9 heteroatoms. The van der Waals surface area contributed by atoms with Crippen LogP contribution in [0.1, 0.15) is 23.7 Å². The van der Waals surface area contributed by atoms with Crippen molar-refractivity contribution in [1.82, 2.24) is 14.0 Å². The fraction of sp³-hybridized carbons (Fsp3) is 0.348. The highest BCUT2D eigenvalue weighted by Gasteiger charge is 2.42. The number of ether oxygens (including phenoxy) is 1. The van der Waals surface area contributed by atoms with E-state index in [2.05, 4.69) is 4.90 Å². The predicted molar refractivity (Wildman–Crippen MR) is 126 cm³/mol. The zero-order valence-corrected chi connectivity index (χ0v) is 19.6. The topological polar surface area (TPSA) is 59.6 Å². The van der Waals surface area contributed by atoms with Crippen LogP contribution in [0.4, 0.5) is 0 Å². The number of rotatable bonds is 4. The molecular weight excluding hydrogens is 473 g/mol. The number of aliphatic hydroxyl groups excluding tert-OH is 1. The van der Waals surface area contributed by atoms with Crippen LogP contribution in [0, 0.1) is 0 Å². The van der Waals surface area contributed by atoms with Crippen LogP contribution in [0.2, 0.25) is 15.1 Å². The van der Waals surface area contributed by atoms with E-state index in [1.54, 1.807) is 43.7 Å². The molecule has 3 aromatic rings. The molecule has 5 rings (SSSR count). The molecule has 1 aliphatic heterocycles. The lowest BCUT2D eigenvalue weighted by Gasteiger charge is -2.30. The van der Waals surface area contributed by atoms with Gasteiger partial charge in [0.25, 0.3) is 0 Å². The molecule has 0 radical (unpaired) electrons. The van der Waals surface area contributed by atoms with E-state index in [1.165, 1.54) is 9.13 Å². The fourth-order valence-electron chi connectivity index (χ4n) is 4.68. The lowest BCUT2D eigenvalue weighted by molar-refractivity contribution is 0.0819. The van der Waals surface area contributed by atoms with Gasteiger partial charge in [-0.1, -0.05) is 34.8 Å². The third kappa shape index (κ3) is 3.84. The van der Waals surface area contributed by atoms with Crippen molar-refractivity contribution in [2.24, 2.45) is 7.05 Å². The number of benzene rings is 2. The van der Waals surface area contributed by atoms with Crippen molar-refractivity contribution < 1.29 is 9.84 Å². The number of aromatic nitrogens is 2. The lowest BCUT2D eigenvalue weighted by atomic mass is 10.1. The van der Waals surface area contributed by atoms with E-state index in [0.29, 0.717) is 39.5 Å². The summed E-state index contributed by atoms with van der Waals surface area (Å²) in [6.45, 7) is 1.36. The summed E-state index contributed by atoms with van der Waals surface area (Å²) in [4.78, 5) is 14.6. The Hall–Kier alpha value is -1.96.